The van der Waals surface area contributed by atoms with Crippen LogP contribution in [0.1, 0.15) is 11.1 Å². The molecule has 0 radical (unpaired) electrons. The summed E-state index contributed by atoms with van der Waals surface area (Å²) in [5.41, 5.74) is 2.47. The highest BCUT2D eigenvalue weighted by molar-refractivity contribution is 9.10. The van der Waals surface area contributed by atoms with E-state index in [9.17, 15) is 0 Å². The van der Waals surface area contributed by atoms with Crippen LogP contribution in [0.4, 0.5) is 0 Å². The van der Waals surface area contributed by atoms with E-state index in [1.165, 1.54) is 0 Å². The lowest BCUT2D eigenvalue weighted by Gasteiger charge is -2.01. The molecular formula is C11H7BrN2. The van der Waals surface area contributed by atoms with E-state index in [2.05, 4.69) is 27.0 Å². The quantitative estimate of drug-likeness (QED) is 0.716. The van der Waals surface area contributed by atoms with Crippen molar-refractivity contribution < 1.29 is 0 Å². The fourth-order valence-electron chi connectivity index (χ4n) is 1.46. The highest BCUT2D eigenvalue weighted by Gasteiger charge is 2.03. The zero-order valence-corrected chi connectivity index (χ0v) is 9.17. The van der Waals surface area contributed by atoms with Crippen LogP contribution in [0.15, 0.2) is 28.9 Å². The molecule has 0 aliphatic heterocycles. The lowest BCUT2D eigenvalue weighted by molar-refractivity contribution is 1.35. The second-order valence-electron chi connectivity index (χ2n) is 3.15. The number of fused-ring (bicyclic) bond motifs is 1. The first-order valence-corrected chi connectivity index (χ1v) is 4.96. The van der Waals surface area contributed by atoms with Crippen LogP contribution < -0.4 is 0 Å². The van der Waals surface area contributed by atoms with Gasteiger partial charge in [0.05, 0.1) is 11.1 Å². The summed E-state index contributed by atoms with van der Waals surface area (Å²) in [5, 5.41) is 9.92. The van der Waals surface area contributed by atoms with Crippen molar-refractivity contribution in [3.05, 3.63) is 40.0 Å². The highest BCUT2D eigenvalue weighted by Crippen LogP contribution is 2.21. The van der Waals surface area contributed by atoms with Gasteiger partial charge < -0.3 is 0 Å². The maximum atomic E-state index is 8.93. The van der Waals surface area contributed by atoms with Crippen molar-refractivity contribution in [1.82, 2.24) is 4.98 Å². The summed E-state index contributed by atoms with van der Waals surface area (Å²) in [6.45, 7) is 1.97. The molecule has 2 aromatic rings. The number of nitrogens with zero attached hydrogens (tertiary/aromatic N) is 2. The van der Waals surface area contributed by atoms with Gasteiger partial charge in [0.1, 0.15) is 6.07 Å². The van der Waals surface area contributed by atoms with Crippen LogP contribution in [-0.4, -0.2) is 4.98 Å². The minimum atomic E-state index is 0.632. The molecule has 0 unspecified atom stereocenters. The molecule has 1 aromatic heterocycles. The van der Waals surface area contributed by atoms with E-state index in [-0.39, 0.29) is 0 Å². The van der Waals surface area contributed by atoms with Crippen LogP contribution in [0.5, 0.6) is 0 Å². The van der Waals surface area contributed by atoms with Gasteiger partial charge in [0, 0.05) is 16.1 Å². The Kier molecular flexibility index (Phi) is 2.22. The molecule has 0 aliphatic rings. The molecule has 0 amide bonds. The second kappa shape index (κ2) is 3.39. The number of benzene rings is 1. The standard InChI is InChI=1S/C11H7BrN2/c1-7-2-8-4-10(12)6-14-11(8)9(3-7)5-13/h2-4,6H,1H3. The number of hydrogen-bond donors (Lipinski definition) is 0. The van der Waals surface area contributed by atoms with Gasteiger partial charge >= 0.3 is 0 Å². The average Bonchev–Trinajstić information content (AvgIpc) is 2.15. The van der Waals surface area contributed by atoms with Crippen molar-refractivity contribution in [3.63, 3.8) is 0 Å². The molecule has 0 bridgehead atoms. The molecule has 3 heteroatoms. The number of hydrogen-bond acceptors (Lipinski definition) is 2. The molecule has 0 N–H and O–H groups in total. The van der Waals surface area contributed by atoms with Gasteiger partial charge in [-0.15, -0.1) is 0 Å². The van der Waals surface area contributed by atoms with E-state index in [1.807, 2.05) is 25.1 Å². The lowest BCUT2D eigenvalue weighted by atomic mass is 10.1. The number of aromatic nitrogens is 1. The molecule has 0 fully saturated rings. The topological polar surface area (TPSA) is 36.7 Å². The van der Waals surface area contributed by atoms with Crippen LogP contribution in [0, 0.1) is 18.3 Å². The van der Waals surface area contributed by atoms with Crippen molar-refractivity contribution >= 4 is 26.8 Å². The minimum absolute atomic E-state index is 0.632. The normalized spacial score (nSPS) is 10.1. The van der Waals surface area contributed by atoms with Gasteiger partial charge in [-0.1, -0.05) is 0 Å². The zero-order valence-electron chi connectivity index (χ0n) is 7.58. The van der Waals surface area contributed by atoms with Gasteiger partial charge in [0.2, 0.25) is 0 Å². The molecule has 2 nitrogen and oxygen atoms in total. The lowest BCUT2D eigenvalue weighted by Crippen LogP contribution is -1.86. The van der Waals surface area contributed by atoms with Crippen LogP contribution in [0.3, 0.4) is 0 Å². The first-order chi connectivity index (χ1) is 6.70. The minimum Gasteiger partial charge on any atom is -0.254 e. The third kappa shape index (κ3) is 1.49. The molecule has 14 heavy (non-hydrogen) atoms. The fraction of sp³-hybridized carbons (Fsp3) is 0.0909. The second-order valence-corrected chi connectivity index (χ2v) is 4.07. The summed E-state index contributed by atoms with van der Waals surface area (Å²) in [7, 11) is 0. The maximum Gasteiger partial charge on any atom is 0.101 e. The molecule has 1 aromatic carbocycles. The highest BCUT2D eigenvalue weighted by atomic mass is 79.9. The van der Waals surface area contributed by atoms with Gasteiger partial charge in [-0.3, -0.25) is 4.98 Å². The summed E-state index contributed by atoms with van der Waals surface area (Å²) in [6, 6.07) is 7.99. The Morgan fingerprint density at radius 1 is 1.36 bits per heavy atom. The summed E-state index contributed by atoms with van der Waals surface area (Å²) in [5.74, 6) is 0. The summed E-state index contributed by atoms with van der Waals surface area (Å²) in [4.78, 5) is 4.22. The van der Waals surface area contributed by atoms with Gasteiger partial charge in [0.25, 0.3) is 0 Å². The van der Waals surface area contributed by atoms with E-state index in [0.29, 0.717) is 5.56 Å². The molecule has 0 spiro atoms. The summed E-state index contributed by atoms with van der Waals surface area (Å²) >= 11 is 3.36. The number of halogens is 1. The average molecular weight is 247 g/mol. The molecule has 0 aliphatic carbocycles. The third-order valence-electron chi connectivity index (χ3n) is 2.01. The maximum absolute atomic E-state index is 8.93. The van der Waals surface area contributed by atoms with Gasteiger partial charge in [-0.05, 0) is 46.6 Å². The Bertz CT molecular complexity index is 535. The van der Waals surface area contributed by atoms with Crippen LogP contribution in [0.2, 0.25) is 0 Å². The van der Waals surface area contributed by atoms with Crippen molar-refractivity contribution in [2.24, 2.45) is 0 Å². The van der Waals surface area contributed by atoms with Gasteiger partial charge in [0.15, 0.2) is 0 Å². The first kappa shape index (κ1) is 9.17. The molecule has 0 saturated heterocycles. The first-order valence-electron chi connectivity index (χ1n) is 4.17. The molecule has 1 heterocycles. The fourth-order valence-corrected chi connectivity index (χ4v) is 1.81. The van der Waals surface area contributed by atoms with Crippen molar-refractivity contribution in [2.75, 3.05) is 0 Å². The van der Waals surface area contributed by atoms with E-state index >= 15 is 0 Å². The van der Waals surface area contributed by atoms with Crippen molar-refractivity contribution in [2.45, 2.75) is 6.92 Å². The van der Waals surface area contributed by atoms with E-state index in [4.69, 9.17) is 5.26 Å². The summed E-state index contributed by atoms with van der Waals surface area (Å²) in [6.07, 6.45) is 1.71. The smallest absolute Gasteiger partial charge is 0.101 e. The van der Waals surface area contributed by atoms with Crippen molar-refractivity contribution in [1.29, 1.82) is 5.26 Å². The Labute approximate surface area is 90.3 Å². The monoisotopic (exact) mass is 246 g/mol. The Morgan fingerprint density at radius 2 is 2.14 bits per heavy atom. The molecule has 0 saturated carbocycles. The Hall–Kier alpha value is -1.40. The zero-order chi connectivity index (χ0) is 10.1. The van der Waals surface area contributed by atoms with E-state index in [0.717, 1.165) is 20.9 Å². The number of rotatable bonds is 0. The Balaban J connectivity index is 2.89. The van der Waals surface area contributed by atoms with Crippen LogP contribution >= 0.6 is 15.9 Å². The van der Waals surface area contributed by atoms with E-state index in [1.54, 1.807) is 6.20 Å². The largest absolute Gasteiger partial charge is 0.254 e. The van der Waals surface area contributed by atoms with E-state index < -0.39 is 0 Å². The summed E-state index contributed by atoms with van der Waals surface area (Å²) < 4.78 is 0.930. The molecule has 0 atom stereocenters. The van der Waals surface area contributed by atoms with Crippen LogP contribution in [0.25, 0.3) is 10.9 Å². The molecule has 68 valence electrons. The van der Waals surface area contributed by atoms with Crippen molar-refractivity contribution in [3.8, 4) is 6.07 Å². The molecular weight excluding hydrogens is 240 g/mol. The third-order valence-corrected chi connectivity index (χ3v) is 2.45. The number of pyridine rings is 1. The van der Waals surface area contributed by atoms with Crippen LogP contribution in [-0.2, 0) is 0 Å². The van der Waals surface area contributed by atoms with Gasteiger partial charge in [-0.25, -0.2) is 0 Å². The van der Waals surface area contributed by atoms with Gasteiger partial charge in [-0.2, -0.15) is 5.26 Å². The number of aryl methyl sites for hydroxylation is 1. The SMILES string of the molecule is Cc1cc(C#N)c2ncc(Br)cc2c1. The predicted molar refractivity (Wildman–Crippen MR) is 58.9 cm³/mol. The predicted octanol–water partition coefficient (Wildman–Crippen LogP) is 3.18. The Morgan fingerprint density at radius 3 is 2.86 bits per heavy atom. The number of nitriles is 1. The molecule has 2 rings (SSSR count).